The van der Waals surface area contributed by atoms with E-state index in [4.69, 9.17) is 0 Å². The van der Waals surface area contributed by atoms with Crippen molar-refractivity contribution in [2.45, 2.75) is 13.8 Å². The van der Waals surface area contributed by atoms with E-state index in [0.717, 1.165) is 16.2 Å². The van der Waals surface area contributed by atoms with E-state index >= 15 is 0 Å². The molecule has 80 valence electrons. The lowest BCUT2D eigenvalue weighted by Crippen LogP contribution is -2.10. The largest absolute Gasteiger partial charge is 0.415 e. The fourth-order valence-corrected chi connectivity index (χ4v) is 3.08. The van der Waals surface area contributed by atoms with E-state index in [1.54, 1.807) is 0 Å². The number of hydrogen-bond acceptors (Lipinski definition) is 1. The highest BCUT2D eigenvalue weighted by atomic mass is 31.1. The third kappa shape index (κ3) is 2.05. The first-order valence-corrected chi connectivity index (χ1v) is 6.54. The van der Waals surface area contributed by atoms with Crippen LogP contribution in [-0.2, 0) is 4.57 Å². The molecule has 0 spiro atoms. The van der Waals surface area contributed by atoms with E-state index in [-0.39, 0.29) is 0 Å². The van der Waals surface area contributed by atoms with Gasteiger partial charge in [-0.2, -0.15) is 0 Å². The number of benzene rings is 2. The van der Waals surface area contributed by atoms with Gasteiger partial charge in [-0.15, -0.1) is 0 Å². The standard InChI is InChI=1S/C14H14OP/c1-11-7-6-10-14(12(11)2)16(15)13-8-4-3-5-9-13/h3-10H,1-2H3/q+1. The van der Waals surface area contributed by atoms with Gasteiger partial charge in [0.1, 0.15) is 0 Å². The molecule has 2 aromatic rings. The average Bonchev–Trinajstić information content (AvgIpc) is 2.33. The van der Waals surface area contributed by atoms with E-state index < -0.39 is 7.80 Å². The average molecular weight is 229 g/mol. The topological polar surface area (TPSA) is 17.1 Å². The third-order valence-corrected chi connectivity index (χ3v) is 4.47. The first-order valence-electron chi connectivity index (χ1n) is 5.28. The lowest BCUT2D eigenvalue weighted by Gasteiger charge is -1.98. The van der Waals surface area contributed by atoms with Gasteiger partial charge in [0.05, 0.1) is 0 Å². The van der Waals surface area contributed by atoms with E-state index in [1.165, 1.54) is 5.56 Å². The monoisotopic (exact) mass is 229 g/mol. The van der Waals surface area contributed by atoms with Gasteiger partial charge in [0.2, 0.25) is 0 Å². The minimum absolute atomic E-state index is 0.895. The van der Waals surface area contributed by atoms with Crippen LogP contribution >= 0.6 is 7.80 Å². The molecular weight excluding hydrogens is 215 g/mol. The van der Waals surface area contributed by atoms with Gasteiger partial charge >= 0.3 is 7.80 Å². The maximum absolute atomic E-state index is 12.4. The normalized spacial score (nSPS) is 11.2. The van der Waals surface area contributed by atoms with Gasteiger partial charge in [-0.1, -0.05) is 34.9 Å². The van der Waals surface area contributed by atoms with Crippen molar-refractivity contribution in [3.63, 3.8) is 0 Å². The van der Waals surface area contributed by atoms with Gasteiger partial charge in [-0.05, 0) is 37.6 Å². The molecule has 0 radical (unpaired) electrons. The summed E-state index contributed by atoms with van der Waals surface area (Å²) in [5.74, 6) is 0. The lowest BCUT2D eigenvalue weighted by atomic mass is 10.1. The Balaban J connectivity index is 2.46. The van der Waals surface area contributed by atoms with E-state index in [0.29, 0.717) is 0 Å². The molecule has 1 nitrogen and oxygen atoms in total. The molecule has 0 heterocycles. The van der Waals surface area contributed by atoms with Gasteiger partial charge < -0.3 is 0 Å². The zero-order valence-corrected chi connectivity index (χ0v) is 10.4. The predicted molar refractivity (Wildman–Crippen MR) is 69.2 cm³/mol. The summed E-state index contributed by atoms with van der Waals surface area (Å²) in [6.07, 6.45) is 0. The summed E-state index contributed by atoms with van der Waals surface area (Å²) in [4.78, 5) is 0. The minimum Gasteiger partial charge on any atom is -0.0619 e. The van der Waals surface area contributed by atoms with Crippen molar-refractivity contribution in [1.82, 2.24) is 0 Å². The Kier molecular flexibility index (Phi) is 3.17. The van der Waals surface area contributed by atoms with Crippen LogP contribution in [0.4, 0.5) is 0 Å². The molecule has 0 aliphatic carbocycles. The summed E-state index contributed by atoms with van der Waals surface area (Å²) >= 11 is 0. The van der Waals surface area contributed by atoms with Crippen LogP contribution in [0.1, 0.15) is 11.1 Å². The molecule has 1 atom stereocenters. The fraction of sp³-hybridized carbons (Fsp3) is 0.143. The van der Waals surface area contributed by atoms with Gasteiger partial charge in [-0.25, -0.2) is 0 Å². The number of aryl methyl sites for hydroxylation is 1. The van der Waals surface area contributed by atoms with Gasteiger partial charge in [0.25, 0.3) is 0 Å². The third-order valence-electron chi connectivity index (χ3n) is 2.79. The van der Waals surface area contributed by atoms with Crippen LogP contribution in [0.5, 0.6) is 0 Å². The molecule has 0 saturated heterocycles. The zero-order valence-electron chi connectivity index (χ0n) is 9.47. The molecule has 0 N–H and O–H groups in total. The highest BCUT2D eigenvalue weighted by Gasteiger charge is 2.25. The van der Waals surface area contributed by atoms with Crippen molar-refractivity contribution in [3.8, 4) is 0 Å². The van der Waals surface area contributed by atoms with Crippen molar-refractivity contribution in [1.29, 1.82) is 0 Å². The Morgan fingerprint density at radius 3 is 2.25 bits per heavy atom. The van der Waals surface area contributed by atoms with Crippen LogP contribution in [0.25, 0.3) is 0 Å². The van der Waals surface area contributed by atoms with Crippen LogP contribution < -0.4 is 10.6 Å². The highest BCUT2D eigenvalue weighted by molar-refractivity contribution is 7.61. The zero-order chi connectivity index (χ0) is 11.5. The number of rotatable bonds is 2. The van der Waals surface area contributed by atoms with Crippen molar-refractivity contribution < 1.29 is 4.57 Å². The van der Waals surface area contributed by atoms with Crippen LogP contribution in [0.3, 0.4) is 0 Å². The van der Waals surface area contributed by atoms with Crippen molar-refractivity contribution in [2.75, 3.05) is 0 Å². The first kappa shape index (κ1) is 11.0. The molecule has 0 saturated carbocycles. The van der Waals surface area contributed by atoms with E-state index in [1.807, 2.05) is 62.4 Å². The molecule has 0 amide bonds. The van der Waals surface area contributed by atoms with E-state index in [2.05, 4.69) is 0 Å². The summed E-state index contributed by atoms with van der Waals surface area (Å²) in [6, 6.07) is 15.6. The Labute approximate surface area is 96.9 Å². The fourth-order valence-electron chi connectivity index (χ4n) is 1.66. The first-order chi connectivity index (χ1) is 7.70. The molecule has 1 unspecified atom stereocenters. The van der Waals surface area contributed by atoms with E-state index in [9.17, 15) is 4.57 Å². The maximum atomic E-state index is 12.4. The summed E-state index contributed by atoms with van der Waals surface area (Å²) in [7, 11) is -1.46. The Morgan fingerprint density at radius 1 is 0.875 bits per heavy atom. The van der Waals surface area contributed by atoms with Crippen LogP contribution in [0.2, 0.25) is 0 Å². The Morgan fingerprint density at radius 2 is 1.56 bits per heavy atom. The summed E-state index contributed by atoms with van der Waals surface area (Å²) in [5.41, 5.74) is 2.32. The SMILES string of the molecule is Cc1cccc([P+](=O)c2ccccc2)c1C. The molecule has 2 rings (SSSR count). The van der Waals surface area contributed by atoms with Crippen molar-refractivity contribution in [2.24, 2.45) is 0 Å². The van der Waals surface area contributed by atoms with Crippen molar-refractivity contribution in [3.05, 3.63) is 59.7 Å². The van der Waals surface area contributed by atoms with Crippen LogP contribution in [0, 0.1) is 13.8 Å². The second-order valence-corrected chi connectivity index (χ2v) is 5.44. The van der Waals surface area contributed by atoms with Crippen LogP contribution in [-0.4, -0.2) is 0 Å². The quantitative estimate of drug-likeness (QED) is 0.723. The predicted octanol–water partition coefficient (Wildman–Crippen LogP) is 3.08. The molecule has 2 aromatic carbocycles. The van der Waals surface area contributed by atoms with Gasteiger partial charge in [0.15, 0.2) is 10.6 Å². The Bertz CT molecular complexity index is 518. The molecule has 16 heavy (non-hydrogen) atoms. The molecule has 0 aliphatic rings. The second-order valence-electron chi connectivity index (χ2n) is 3.85. The smallest absolute Gasteiger partial charge is 0.0619 e. The molecular formula is C14H14OP+. The van der Waals surface area contributed by atoms with Crippen LogP contribution in [0.15, 0.2) is 48.5 Å². The number of hydrogen-bond donors (Lipinski definition) is 0. The molecule has 0 fully saturated rings. The summed E-state index contributed by atoms with van der Waals surface area (Å²) in [6.45, 7) is 4.08. The molecule has 2 heteroatoms. The minimum atomic E-state index is -1.46. The molecule has 0 aliphatic heterocycles. The maximum Gasteiger partial charge on any atom is 0.415 e. The highest BCUT2D eigenvalue weighted by Crippen LogP contribution is 2.22. The molecule has 0 bridgehead atoms. The summed E-state index contributed by atoms with van der Waals surface area (Å²) in [5, 5.41) is 1.84. The van der Waals surface area contributed by atoms with Gasteiger partial charge in [-0.3, -0.25) is 0 Å². The van der Waals surface area contributed by atoms with Crippen molar-refractivity contribution >= 4 is 18.4 Å². The second kappa shape index (κ2) is 4.59. The lowest BCUT2D eigenvalue weighted by molar-refractivity contribution is 0.598. The summed E-state index contributed by atoms with van der Waals surface area (Å²) < 4.78 is 12.4. The van der Waals surface area contributed by atoms with Gasteiger partial charge in [0, 0.05) is 5.56 Å². The Hall–Kier alpha value is -1.46. The molecule has 0 aromatic heterocycles.